The quantitative estimate of drug-likeness (QED) is 0.758. The molecule has 1 N–H and O–H groups in total. The molecular formula is C12H24N2O. The van der Waals surface area contributed by atoms with Gasteiger partial charge in [-0.15, -0.1) is 0 Å². The van der Waals surface area contributed by atoms with E-state index < -0.39 is 0 Å². The molecule has 2 aliphatic heterocycles. The highest BCUT2D eigenvalue weighted by molar-refractivity contribution is 4.76. The molecule has 0 aromatic rings. The number of piperazine rings is 1. The van der Waals surface area contributed by atoms with Gasteiger partial charge in [-0.05, 0) is 25.2 Å². The summed E-state index contributed by atoms with van der Waals surface area (Å²) in [5.41, 5.74) is 0. The number of rotatable bonds is 3. The highest BCUT2D eigenvalue weighted by atomic mass is 16.5. The van der Waals surface area contributed by atoms with Gasteiger partial charge < -0.3 is 15.0 Å². The summed E-state index contributed by atoms with van der Waals surface area (Å²) < 4.78 is 5.72. The summed E-state index contributed by atoms with van der Waals surface area (Å²) in [6.45, 7) is 9.30. The summed E-state index contributed by atoms with van der Waals surface area (Å²) in [7, 11) is 0. The maximum Gasteiger partial charge on any atom is 0.0575 e. The first-order valence-electron chi connectivity index (χ1n) is 6.43. The van der Waals surface area contributed by atoms with Crippen molar-refractivity contribution in [3.8, 4) is 0 Å². The summed E-state index contributed by atoms with van der Waals surface area (Å²) >= 11 is 0. The van der Waals surface area contributed by atoms with E-state index in [0.717, 1.165) is 12.5 Å². The maximum atomic E-state index is 5.72. The Kier molecular flexibility index (Phi) is 4.42. The molecule has 0 bridgehead atoms. The lowest BCUT2D eigenvalue weighted by Gasteiger charge is -2.35. The molecule has 88 valence electrons. The summed E-state index contributed by atoms with van der Waals surface area (Å²) in [5.74, 6) is 0.877. The lowest BCUT2D eigenvalue weighted by molar-refractivity contribution is -0.0183. The van der Waals surface area contributed by atoms with Gasteiger partial charge in [0.1, 0.15) is 0 Å². The zero-order valence-corrected chi connectivity index (χ0v) is 9.87. The second kappa shape index (κ2) is 5.83. The molecule has 2 saturated heterocycles. The number of hydrogen-bond acceptors (Lipinski definition) is 3. The Morgan fingerprint density at radius 2 is 2.13 bits per heavy atom. The molecule has 2 fully saturated rings. The zero-order valence-electron chi connectivity index (χ0n) is 9.87. The van der Waals surface area contributed by atoms with Crippen LogP contribution in [-0.2, 0) is 4.74 Å². The first-order valence-corrected chi connectivity index (χ1v) is 6.43. The summed E-state index contributed by atoms with van der Waals surface area (Å²) in [5, 5.41) is 3.41. The Labute approximate surface area is 93.2 Å². The van der Waals surface area contributed by atoms with Crippen LogP contribution >= 0.6 is 0 Å². The molecule has 0 spiro atoms. The predicted octanol–water partition coefficient (Wildman–Crippen LogP) is 1.10. The van der Waals surface area contributed by atoms with Crippen molar-refractivity contribution in [1.29, 1.82) is 0 Å². The van der Waals surface area contributed by atoms with Crippen molar-refractivity contribution >= 4 is 0 Å². The van der Waals surface area contributed by atoms with Gasteiger partial charge >= 0.3 is 0 Å². The first kappa shape index (κ1) is 11.4. The van der Waals surface area contributed by atoms with E-state index in [0.29, 0.717) is 6.10 Å². The Balaban J connectivity index is 1.72. The summed E-state index contributed by atoms with van der Waals surface area (Å²) in [6.07, 6.45) is 4.26. The lowest BCUT2D eigenvalue weighted by atomic mass is 9.93. The van der Waals surface area contributed by atoms with Crippen molar-refractivity contribution in [2.24, 2.45) is 5.92 Å². The predicted molar refractivity (Wildman–Crippen MR) is 62.1 cm³/mol. The van der Waals surface area contributed by atoms with Gasteiger partial charge in [0.2, 0.25) is 0 Å². The number of ether oxygens (including phenoxy) is 1. The summed E-state index contributed by atoms with van der Waals surface area (Å²) in [4.78, 5) is 2.61. The van der Waals surface area contributed by atoms with E-state index in [1.165, 1.54) is 52.0 Å². The highest BCUT2D eigenvalue weighted by Gasteiger charge is 2.23. The third-order valence-electron chi connectivity index (χ3n) is 3.66. The number of hydrogen-bond donors (Lipinski definition) is 1. The molecule has 0 aromatic heterocycles. The largest absolute Gasteiger partial charge is 0.378 e. The third-order valence-corrected chi connectivity index (χ3v) is 3.66. The van der Waals surface area contributed by atoms with Gasteiger partial charge in [0, 0.05) is 39.3 Å². The average Bonchev–Trinajstić information content (AvgIpc) is 2.31. The number of nitrogens with one attached hydrogen (secondary N) is 1. The average molecular weight is 212 g/mol. The molecule has 0 radical (unpaired) electrons. The van der Waals surface area contributed by atoms with Gasteiger partial charge in [-0.2, -0.15) is 0 Å². The monoisotopic (exact) mass is 212 g/mol. The fourth-order valence-corrected chi connectivity index (χ4v) is 2.67. The van der Waals surface area contributed by atoms with Gasteiger partial charge in [0.05, 0.1) is 6.10 Å². The molecule has 2 rings (SSSR count). The SMILES string of the molecule is CCC1CC(CN2CCNCC2)CCO1. The van der Waals surface area contributed by atoms with E-state index in [1.807, 2.05) is 0 Å². The van der Waals surface area contributed by atoms with Crippen LogP contribution in [0.2, 0.25) is 0 Å². The van der Waals surface area contributed by atoms with Crippen LogP contribution in [-0.4, -0.2) is 50.3 Å². The van der Waals surface area contributed by atoms with E-state index in [1.54, 1.807) is 0 Å². The molecule has 2 atom stereocenters. The molecule has 3 nitrogen and oxygen atoms in total. The molecule has 0 amide bonds. The van der Waals surface area contributed by atoms with Crippen LogP contribution in [0.25, 0.3) is 0 Å². The van der Waals surface area contributed by atoms with E-state index in [9.17, 15) is 0 Å². The minimum Gasteiger partial charge on any atom is -0.378 e. The van der Waals surface area contributed by atoms with Crippen molar-refractivity contribution < 1.29 is 4.74 Å². The molecule has 0 aromatic carbocycles. The van der Waals surface area contributed by atoms with Crippen LogP contribution in [0.5, 0.6) is 0 Å². The van der Waals surface area contributed by atoms with Gasteiger partial charge in [-0.25, -0.2) is 0 Å². The van der Waals surface area contributed by atoms with Crippen LogP contribution in [0.15, 0.2) is 0 Å². The maximum absolute atomic E-state index is 5.72. The zero-order chi connectivity index (χ0) is 10.5. The van der Waals surface area contributed by atoms with E-state index in [-0.39, 0.29) is 0 Å². The number of nitrogens with zero attached hydrogens (tertiary/aromatic N) is 1. The van der Waals surface area contributed by atoms with Gasteiger partial charge in [-0.1, -0.05) is 6.92 Å². The first-order chi connectivity index (χ1) is 7.38. The van der Waals surface area contributed by atoms with Crippen LogP contribution < -0.4 is 5.32 Å². The molecule has 2 heterocycles. The van der Waals surface area contributed by atoms with Crippen molar-refractivity contribution in [1.82, 2.24) is 10.2 Å². The van der Waals surface area contributed by atoms with E-state index >= 15 is 0 Å². The standard InChI is InChI=1S/C12H24N2O/c1-2-12-9-11(3-8-15-12)10-14-6-4-13-5-7-14/h11-13H,2-10H2,1H3. The Hall–Kier alpha value is -0.120. The van der Waals surface area contributed by atoms with Crippen LogP contribution in [0.4, 0.5) is 0 Å². The molecule has 2 unspecified atom stereocenters. The topological polar surface area (TPSA) is 24.5 Å². The van der Waals surface area contributed by atoms with Crippen LogP contribution in [0.3, 0.4) is 0 Å². The van der Waals surface area contributed by atoms with Gasteiger partial charge in [0.15, 0.2) is 0 Å². The molecule has 0 aliphatic carbocycles. The second-order valence-corrected chi connectivity index (χ2v) is 4.84. The smallest absolute Gasteiger partial charge is 0.0575 e. The van der Waals surface area contributed by atoms with Crippen molar-refractivity contribution in [2.75, 3.05) is 39.3 Å². The molecule has 0 saturated carbocycles. The van der Waals surface area contributed by atoms with Crippen molar-refractivity contribution in [3.63, 3.8) is 0 Å². The second-order valence-electron chi connectivity index (χ2n) is 4.84. The third kappa shape index (κ3) is 3.44. The lowest BCUT2D eigenvalue weighted by Crippen LogP contribution is -2.46. The van der Waals surface area contributed by atoms with Gasteiger partial charge in [0.25, 0.3) is 0 Å². The minimum atomic E-state index is 0.534. The van der Waals surface area contributed by atoms with Crippen LogP contribution in [0.1, 0.15) is 26.2 Å². The van der Waals surface area contributed by atoms with Crippen LogP contribution in [0, 0.1) is 5.92 Å². The molecule has 2 aliphatic rings. The van der Waals surface area contributed by atoms with Crippen molar-refractivity contribution in [2.45, 2.75) is 32.3 Å². The van der Waals surface area contributed by atoms with Crippen molar-refractivity contribution in [3.05, 3.63) is 0 Å². The Bertz CT molecular complexity index is 180. The Morgan fingerprint density at radius 1 is 1.33 bits per heavy atom. The summed E-state index contributed by atoms with van der Waals surface area (Å²) in [6, 6.07) is 0. The normalized spacial score (nSPS) is 34.2. The minimum absolute atomic E-state index is 0.534. The highest BCUT2D eigenvalue weighted by Crippen LogP contribution is 2.22. The fraction of sp³-hybridized carbons (Fsp3) is 1.00. The Morgan fingerprint density at radius 3 is 2.87 bits per heavy atom. The van der Waals surface area contributed by atoms with E-state index in [2.05, 4.69) is 17.1 Å². The molecule has 15 heavy (non-hydrogen) atoms. The fourth-order valence-electron chi connectivity index (χ4n) is 2.67. The molecular weight excluding hydrogens is 188 g/mol. The molecule has 3 heteroatoms. The van der Waals surface area contributed by atoms with E-state index in [4.69, 9.17) is 4.74 Å². The van der Waals surface area contributed by atoms with Gasteiger partial charge in [-0.3, -0.25) is 0 Å².